The summed E-state index contributed by atoms with van der Waals surface area (Å²) >= 11 is 5.98. The SMILES string of the molecule is CC(CN(C)C)N1CCc2noc(-c3cc(Cl)c(O)cc3O)c2C1. The second kappa shape index (κ2) is 6.63. The zero-order valence-electron chi connectivity index (χ0n) is 14.1. The molecule has 3 rings (SSSR count). The average Bonchev–Trinajstić information content (AvgIpc) is 2.93. The molecular formula is C17H22ClN3O3. The highest BCUT2D eigenvalue weighted by molar-refractivity contribution is 6.32. The number of hydrogen-bond donors (Lipinski definition) is 2. The highest BCUT2D eigenvalue weighted by Gasteiger charge is 2.28. The van der Waals surface area contributed by atoms with Gasteiger partial charge in [0, 0.05) is 43.7 Å². The highest BCUT2D eigenvalue weighted by atomic mass is 35.5. The summed E-state index contributed by atoms with van der Waals surface area (Å²) in [4.78, 5) is 4.54. The fourth-order valence-corrected chi connectivity index (χ4v) is 3.36. The van der Waals surface area contributed by atoms with Crippen LogP contribution in [0.15, 0.2) is 16.7 Å². The average molecular weight is 352 g/mol. The molecule has 1 aliphatic rings. The van der Waals surface area contributed by atoms with Gasteiger partial charge in [-0.15, -0.1) is 0 Å². The minimum atomic E-state index is -0.160. The summed E-state index contributed by atoms with van der Waals surface area (Å²) in [6, 6.07) is 3.13. The van der Waals surface area contributed by atoms with E-state index >= 15 is 0 Å². The molecule has 2 aromatic rings. The predicted octanol–water partition coefficient (Wildman–Crippen LogP) is 2.71. The predicted molar refractivity (Wildman–Crippen MR) is 92.4 cm³/mol. The molecule has 7 heteroatoms. The van der Waals surface area contributed by atoms with Gasteiger partial charge in [-0.25, -0.2) is 0 Å². The van der Waals surface area contributed by atoms with Crippen molar-refractivity contribution in [3.8, 4) is 22.8 Å². The lowest BCUT2D eigenvalue weighted by Gasteiger charge is -2.33. The molecule has 1 aromatic heterocycles. The highest BCUT2D eigenvalue weighted by Crippen LogP contribution is 2.40. The summed E-state index contributed by atoms with van der Waals surface area (Å²) in [5.74, 6) is 0.285. The van der Waals surface area contributed by atoms with Crippen LogP contribution in [0, 0.1) is 0 Å². The summed E-state index contributed by atoms with van der Waals surface area (Å²) in [6.07, 6.45) is 0.809. The maximum absolute atomic E-state index is 10.2. The Kier molecular flexibility index (Phi) is 4.71. The van der Waals surface area contributed by atoms with Crippen molar-refractivity contribution in [2.75, 3.05) is 27.2 Å². The quantitative estimate of drug-likeness (QED) is 0.882. The lowest BCUT2D eigenvalue weighted by atomic mass is 9.99. The van der Waals surface area contributed by atoms with Gasteiger partial charge in [-0.1, -0.05) is 16.8 Å². The first kappa shape index (κ1) is 17.1. The largest absolute Gasteiger partial charge is 0.507 e. The van der Waals surface area contributed by atoms with Crippen molar-refractivity contribution in [1.29, 1.82) is 0 Å². The number of halogens is 1. The van der Waals surface area contributed by atoms with Crippen LogP contribution in [0.3, 0.4) is 0 Å². The number of rotatable bonds is 4. The summed E-state index contributed by atoms with van der Waals surface area (Å²) in [5.41, 5.74) is 2.35. The first-order chi connectivity index (χ1) is 11.4. The van der Waals surface area contributed by atoms with Gasteiger partial charge in [0.2, 0.25) is 0 Å². The van der Waals surface area contributed by atoms with Gasteiger partial charge in [0.1, 0.15) is 11.5 Å². The van der Waals surface area contributed by atoms with Crippen LogP contribution in [0.25, 0.3) is 11.3 Å². The number of phenolic OH excluding ortho intramolecular Hbond substituents is 2. The monoisotopic (exact) mass is 351 g/mol. The third-order valence-corrected chi connectivity index (χ3v) is 4.73. The van der Waals surface area contributed by atoms with Gasteiger partial charge in [-0.05, 0) is 27.1 Å². The van der Waals surface area contributed by atoms with E-state index in [4.69, 9.17) is 16.1 Å². The molecule has 0 saturated carbocycles. The van der Waals surface area contributed by atoms with Gasteiger partial charge in [-0.2, -0.15) is 0 Å². The maximum Gasteiger partial charge on any atom is 0.175 e. The molecule has 2 N–H and O–H groups in total. The zero-order chi connectivity index (χ0) is 17.4. The minimum Gasteiger partial charge on any atom is -0.507 e. The van der Waals surface area contributed by atoms with Crippen LogP contribution in [0.1, 0.15) is 18.2 Å². The van der Waals surface area contributed by atoms with E-state index < -0.39 is 0 Å². The van der Waals surface area contributed by atoms with Gasteiger partial charge in [-0.3, -0.25) is 4.90 Å². The summed E-state index contributed by atoms with van der Waals surface area (Å²) < 4.78 is 5.50. The van der Waals surface area contributed by atoms with Crippen LogP contribution < -0.4 is 0 Å². The van der Waals surface area contributed by atoms with Crippen molar-refractivity contribution < 1.29 is 14.7 Å². The fraction of sp³-hybridized carbons (Fsp3) is 0.471. The van der Waals surface area contributed by atoms with Crippen molar-refractivity contribution in [3.05, 3.63) is 28.4 Å². The Morgan fingerprint density at radius 3 is 2.79 bits per heavy atom. The molecule has 1 aliphatic heterocycles. The molecule has 1 aromatic carbocycles. The second-order valence-corrected chi connectivity index (χ2v) is 7.00. The minimum absolute atomic E-state index is 0.0747. The molecule has 0 radical (unpaired) electrons. The smallest absolute Gasteiger partial charge is 0.175 e. The molecule has 0 aliphatic carbocycles. The van der Waals surface area contributed by atoms with Crippen LogP contribution >= 0.6 is 11.6 Å². The number of hydrogen-bond acceptors (Lipinski definition) is 6. The molecule has 1 unspecified atom stereocenters. The standard InChI is InChI=1S/C17H22ClN3O3/c1-10(8-20(2)3)21-5-4-14-12(9-21)17(24-19-14)11-6-13(18)16(23)7-15(11)22/h6-7,10,22-23H,4-5,8-9H2,1-3H3. The topological polar surface area (TPSA) is 73.0 Å². The van der Waals surface area contributed by atoms with Crippen molar-refractivity contribution >= 4 is 11.6 Å². The third kappa shape index (κ3) is 3.22. The van der Waals surface area contributed by atoms with Crippen LogP contribution in [-0.4, -0.2) is 58.4 Å². The number of likely N-dealkylation sites (N-methyl/N-ethyl adjacent to an activating group) is 1. The first-order valence-electron chi connectivity index (χ1n) is 7.95. The number of phenols is 2. The molecular weight excluding hydrogens is 330 g/mol. The Hall–Kier alpha value is -1.76. The van der Waals surface area contributed by atoms with E-state index in [1.54, 1.807) is 0 Å². The van der Waals surface area contributed by atoms with Gasteiger partial charge < -0.3 is 19.6 Å². The summed E-state index contributed by atoms with van der Waals surface area (Å²) in [7, 11) is 4.13. The maximum atomic E-state index is 10.2. The van der Waals surface area contributed by atoms with Gasteiger partial charge in [0.25, 0.3) is 0 Å². The Morgan fingerprint density at radius 1 is 1.33 bits per heavy atom. The number of aromatic nitrogens is 1. The van der Waals surface area contributed by atoms with E-state index in [0.717, 1.165) is 30.8 Å². The molecule has 0 saturated heterocycles. The molecule has 0 amide bonds. The van der Waals surface area contributed by atoms with E-state index in [1.807, 2.05) is 0 Å². The zero-order valence-corrected chi connectivity index (χ0v) is 14.8. The number of nitrogens with zero attached hydrogens (tertiary/aromatic N) is 3. The Balaban J connectivity index is 1.93. The Morgan fingerprint density at radius 2 is 2.08 bits per heavy atom. The second-order valence-electron chi connectivity index (χ2n) is 6.59. The van der Waals surface area contributed by atoms with Crippen LogP contribution in [0.4, 0.5) is 0 Å². The lowest BCUT2D eigenvalue weighted by Crippen LogP contribution is -2.42. The Labute approximate surface area is 146 Å². The van der Waals surface area contributed by atoms with Crippen molar-refractivity contribution in [2.24, 2.45) is 0 Å². The summed E-state index contributed by atoms with van der Waals surface area (Å²) in [6.45, 7) is 4.80. The van der Waals surface area contributed by atoms with Crippen LogP contribution in [0.2, 0.25) is 5.02 Å². The Bertz CT molecular complexity index is 745. The van der Waals surface area contributed by atoms with Crippen LogP contribution in [0.5, 0.6) is 11.5 Å². The molecule has 130 valence electrons. The molecule has 24 heavy (non-hydrogen) atoms. The number of benzene rings is 1. The van der Waals surface area contributed by atoms with Gasteiger partial charge in [0.15, 0.2) is 5.76 Å². The van der Waals surface area contributed by atoms with Crippen molar-refractivity contribution in [1.82, 2.24) is 15.0 Å². The van der Waals surface area contributed by atoms with Crippen molar-refractivity contribution in [3.63, 3.8) is 0 Å². The number of aromatic hydroxyl groups is 2. The first-order valence-corrected chi connectivity index (χ1v) is 8.32. The van der Waals surface area contributed by atoms with E-state index in [1.165, 1.54) is 12.1 Å². The van der Waals surface area contributed by atoms with E-state index in [-0.39, 0.29) is 16.5 Å². The van der Waals surface area contributed by atoms with E-state index in [2.05, 4.69) is 36.0 Å². The lowest BCUT2D eigenvalue weighted by molar-refractivity contribution is 0.159. The van der Waals surface area contributed by atoms with E-state index in [9.17, 15) is 10.2 Å². The van der Waals surface area contributed by atoms with Crippen LogP contribution in [-0.2, 0) is 13.0 Å². The van der Waals surface area contributed by atoms with Crippen molar-refractivity contribution in [2.45, 2.75) is 25.9 Å². The molecule has 6 nitrogen and oxygen atoms in total. The molecule has 2 heterocycles. The van der Waals surface area contributed by atoms with Gasteiger partial charge in [0.05, 0.1) is 16.3 Å². The third-order valence-electron chi connectivity index (χ3n) is 4.43. The molecule has 0 fully saturated rings. The molecule has 0 bridgehead atoms. The number of fused-ring (bicyclic) bond motifs is 1. The summed E-state index contributed by atoms with van der Waals surface area (Å²) in [5, 5.41) is 24.1. The fourth-order valence-electron chi connectivity index (χ4n) is 3.20. The molecule has 0 spiro atoms. The normalized spacial score (nSPS) is 16.4. The van der Waals surface area contributed by atoms with E-state index in [0.29, 0.717) is 23.9 Å². The van der Waals surface area contributed by atoms with Gasteiger partial charge >= 0.3 is 0 Å². The molecule has 1 atom stereocenters.